The van der Waals surface area contributed by atoms with Crippen LogP contribution in [0.15, 0.2) is 36.4 Å². The van der Waals surface area contributed by atoms with Crippen LogP contribution in [-0.2, 0) is 9.53 Å². The monoisotopic (exact) mass is 578 g/mol. The van der Waals surface area contributed by atoms with Crippen molar-refractivity contribution in [2.45, 2.75) is 6.04 Å². The molecule has 0 radical (unpaired) electrons. The minimum atomic E-state index is -0.801. The molecule has 0 saturated carbocycles. The van der Waals surface area contributed by atoms with Crippen LogP contribution < -0.4 is 10.1 Å². The quantitative estimate of drug-likeness (QED) is 0.387. The van der Waals surface area contributed by atoms with Gasteiger partial charge in [0.1, 0.15) is 12.4 Å². The maximum Gasteiger partial charge on any atom is 0.333 e. The van der Waals surface area contributed by atoms with E-state index in [2.05, 4.69) is 56.6 Å². The number of aliphatic hydroxyl groups is 1. The summed E-state index contributed by atoms with van der Waals surface area (Å²) in [5.74, 6) is 0.0534. The maximum atomic E-state index is 12.4. The standard InChI is InChI=1S/C18H16I2N2O4/c1-25-18(24)16(22-13-4-2-11(10-21)3-5-13)14-8-12(19)9-15(20)17(14)26-7-6-23/h2-5,8-9,16,22-23H,6-7H2,1H3. The molecule has 26 heavy (non-hydrogen) atoms. The molecule has 2 rings (SSSR count). The van der Waals surface area contributed by atoms with E-state index < -0.39 is 12.0 Å². The molecule has 2 aromatic carbocycles. The first kappa shape index (κ1) is 20.7. The molecular formula is C18H16I2N2O4. The normalized spacial score (nSPS) is 11.3. The Labute approximate surface area is 178 Å². The van der Waals surface area contributed by atoms with Gasteiger partial charge in [-0.3, -0.25) is 0 Å². The van der Waals surface area contributed by atoms with Gasteiger partial charge in [-0.1, -0.05) is 0 Å². The Morgan fingerprint density at radius 3 is 2.58 bits per heavy atom. The van der Waals surface area contributed by atoms with E-state index in [9.17, 15) is 4.79 Å². The van der Waals surface area contributed by atoms with Gasteiger partial charge in [0.15, 0.2) is 6.04 Å². The molecular weight excluding hydrogens is 562 g/mol. The molecule has 136 valence electrons. The molecule has 6 nitrogen and oxygen atoms in total. The molecule has 0 aliphatic carbocycles. The number of hydrogen-bond acceptors (Lipinski definition) is 6. The van der Waals surface area contributed by atoms with E-state index in [0.29, 0.717) is 22.6 Å². The lowest BCUT2D eigenvalue weighted by atomic mass is 10.0. The molecule has 0 bridgehead atoms. The molecule has 0 aliphatic rings. The number of nitriles is 1. The number of nitrogens with one attached hydrogen (secondary N) is 1. The Balaban J connectivity index is 2.45. The summed E-state index contributed by atoms with van der Waals surface area (Å²) < 4.78 is 12.4. The van der Waals surface area contributed by atoms with Crippen molar-refractivity contribution in [1.82, 2.24) is 0 Å². The van der Waals surface area contributed by atoms with E-state index in [-0.39, 0.29) is 13.2 Å². The number of hydrogen-bond donors (Lipinski definition) is 2. The fourth-order valence-electron chi connectivity index (χ4n) is 2.28. The molecule has 2 N–H and O–H groups in total. The molecule has 8 heteroatoms. The van der Waals surface area contributed by atoms with Crippen molar-refractivity contribution in [2.24, 2.45) is 0 Å². The average molecular weight is 578 g/mol. The summed E-state index contributed by atoms with van der Waals surface area (Å²) in [5.41, 5.74) is 1.81. The third-order valence-electron chi connectivity index (χ3n) is 3.45. The van der Waals surface area contributed by atoms with Crippen LogP contribution in [0.5, 0.6) is 5.75 Å². The number of esters is 1. The van der Waals surface area contributed by atoms with Gasteiger partial charge >= 0.3 is 5.97 Å². The molecule has 0 fully saturated rings. The lowest BCUT2D eigenvalue weighted by molar-refractivity contribution is -0.141. The van der Waals surface area contributed by atoms with Gasteiger partial charge in [-0.25, -0.2) is 4.79 Å². The highest BCUT2D eigenvalue weighted by Crippen LogP contribution is 2.35. The van der Waals surface area contributed by atoms with Crippen LogP contribution >= 0.6 is 45.2 Å². The van der Waals surface area contributed by atoms with Crippen molar-refractivity contribution in [1.29, 1.82) is 5.26 Å². The third kappa shape index (κ3) is 5.21. The topological polar surface area (TPSA) is 91.6 Å². The average Bonchev–Trinajstić information content (AvgIpc) is 2.64. The number of halogens is 2. The predicted octanol–water partition coefficient (Wildman–Crippen LogP) is 3.46. The van der Waals surface area contributed by atoms with E-state index in [0.717, 1.165) is 7.14 Å². The molecule has 1 unspecified atom stereocenters. The molecule has 0 aromatic heterocycles. The number of carbonyl (C=O) groups excluding carboxylic acids is 1. The zero-order chi connectivity index (χ0) is 19.1. The number of aliphatic hydroxyl groups excluding tert-OH is 1. The number of methoxy groups -OCH3 is 1. The second kappa shape index (κ2) is 9.94. The van der Waals surface area contributed by atoms with Crippen molar-refractivity contribution in [3.05, 3.63) is 54.7 Å². The first-order chi connectivity index (χ1) is 12.5. The molecule has 0 amide bonds. The summed E-state index contributed by atoms with van der Waals surface area (Å²) in [6, 6.07) is 11.8. The Morgan fingerprint density at radius 2 is 2.00 bits per heavy atom. The molecule has 0 aliphatic heterocycles. The highest BCUT2D eigenvalue weighted by atomic mass is 127. The first-order valence-corrected chi connectivity index (χ1v) is 9.73. The van der Waals surface area contributed by atoms with E-state index in [1.807, 2.05) is 12.1 Å². The van der Waals surface area contributed by atoms with Gasteiger partial charge in [0.2, 0.25) is 0 Å². The number of benzene rings is 2. The number of ether oxygens (including phenoxy) is 2. The molecule has 0 spiro atoms. The van der Waals surface area contributed by atoms with Crippen molar-refractivity contribution in [3.8, 4) is 11.8 Å². The fraction of sp³-hybridized carbons (Fsp3) is 0.222. The molecule has 0 saturated heterocycles. The largest absolute Gasteiger partial charge is 0.490 e. The number of anilines is 1. The number of nitrogens with zero attached hydrogens (tertiary/aromatic N) is 1. The van der Waals surface area contributed by atoms with Crippen LogP contribution in [0.1, 0.15) is 17.2 Å². The second-order valence-electron chi connectivity index (χ2n) is 5.17. The minimum absolute atomic E-state index is 0.119. The van der Waals surface area contributed by atoms with Gasteiger partial charge in [0.05, 0.1) is 28.9 Å². The fourth-order valence-corrected chi connectivity index (χ4v) is 4.33. The SMILES string of the molecule is COC(=O)C(Nc1ccc(C#N)cc1)c1cc(I)cc(I)c1OCCO. The van der Waals surface area contributed by atoms with Crippen LogP contribution in [0.25, 0.3) is 0 Å². The highest BCUT2D eigenvalue weighted by Gasteiger charge is 2.27. The number of carbonyl (C=O) groups is 1. The Morgan fingerprint density at radius 1 is 1.31 bits per heavy atom. The van der Waals surface area contributed by atoms with Crippen LogP contribution in [0, 0.1) is 18.5 Å². The summed E-state index contributed by atoms with van der Waals surface area (Å²) in [5, 5.41) is 21.1. The van der Waals surface area contributed by atoms with Crippen molar-refractivity contribution >= 4 is 56.8 Å². The number of rotatable bonds is 7. The van der Waals surface area contributed by atoms with Gasteiger partial charge < -0.3 is 19.9 Å². The van der Waals surface area contributed by atoms with Crippen LogP contribution in [0.3, 0.4) is 0 Å². The zero-order valence-corrected chi connectivity index (χ0v) is 18.1. The van der Waals surface area contributed by atoms with Crippen molar-refractivity contribution < 1.29 is 19.4 Å². The van der Waals surface area contributed by atoms with Gasteiger partial charge in [-0.15, -0.1) is 0 Å². The van der Waals surface area contributed by atoms with E-state index in [1.54, 1.807) is 24.3 Å². The highest BCUT2D eigenvalue weighted by molar-refractivity contribution is 14.1. The van der Waals surface area contributed by atoms with Crippen molar-refractivity contribution in [2.75, 3.05) is 25.6 Å². The van der Waals surface area contributed by atoms with Crippen LogP contribution in [-0.4, -0.2) is 31.4 Å². The van der Waals surface area contributed by atoms with Crippen LogP contribution in [0.2, 0.25) is 0 Å². The minimum Gasteiger partial charge on any atom is -0.490 e. The van der Waals surface area contributed by atoms with Gasteiger partial charge in [-0.05, 0) is 81.6 Å². The lowest BCUT2D eigenvalue weighted by Crippen LogP contribution is -2.24. The van der Waals surface area contributed by atoms with E-state index in [1.165, 1.54) is 7.11 Å². The summed E-state index contributed by atoms with van der Waals surface area (Å²) in [7, 11) is 1.32. The smallest absolute Gasteiger partial charge is 0.333 e. The first-order valence-electron chi connectivity index (χ1n) is 7.57. The lowest BCUT2D eigenvalue weighted by Gasteiger charge is -2.22. The Kier molecular flexibility index (Phi) is 7.92. The van der Waals surface area contributed by atoms with Crippen LogP contribution in [0.4, 0.5) is 5.69 Å². The Bertz CT molecular complexity index is 819. The van der Waals surface area contributed by atoms with Gasteiger partial charge in [0.25, 0.3) is 0 Å². The summed E-state index contributed by atoms with van der Waals surface area (Å²) in [6.07, 6.45) is 0. The Hall–Kier alpha value is -1.58. The van der Waals surface area contributed by atoms with Gasteiger partial charge in [0, 0.05) is 14.8 Å². The summed E-state index contributed by atoms with van der Waals surface area (Å²) in [4.78, 5) is 12.4. The zero-order valence-electron chi connectivity index (χ0n) is 13.8. The van der Waals surface area contributed by atoms with Gasteiger partial charge in [-0.2, -0.15) is 5.26 Å². The molecule has 0 heterocycles. The summed E-state index contributed by atoms with van der Waals surface area (Å²) >= 11 is 4.30. The molecule has 1 atom stereocenters. The van der Waals surface area contributed by atoms with E-state index >= 15 is 0 Å². The maximum absolute atomic E-state index is 12.4. The molecule has 2 aromatic rings. The predicted molar refractivity (Wildman–Crippen MR) is 114 cm³/mol. The van der Waals surface area contributed by atoms with E-state index in [4.69, 9.17) is 19.8 Å². The third-order valence-corrected chi connectivity index (χ3v) is 4.87. The summed E-state index contributed by atoms with van der Waals surface area (Å²) in [6.45, 7) is -0.0121. The second-order valence-corrected chi connectivity index (χ2v) is 7.58. The van der Waals surface area contributed by atoms with Crippen molar-refractivity contribution in [3.63, 3.8) is 0 Å².